The highest BCUT2D eigenvalue weighted by Gasteiger charge is 2.23. The van der Waals surface area contributed by atoms with Crippen LogP contribution in [0.3, 0.4) is 0 Å². The van der Waals surface area contributed by atoms with E-state index in [-0.39, 0.29) is 5.57 Å². The Morgan fingerprint density at radius 2 is 1.36 bits per heavy atom. The summed E-state index contributed by atoms with van der Waals surface area (Å²) >= 11 is 0. The molecule has 3 rings (SSSR count). The molecule has 0 radical (unpaired) electrons. The van der Waals surface area contributed by atoms with E-state index in [1.165, 1.54) is 0 Å². The molecular formula is C21H14N2OS. The summed E-state index contributed by atoms with van der Waals surface area (Å²) in [6, 6.07) is 20.9. The number of nitrogens with zero attached hydrogens (tertiary/aromatic N) is 2. The van der Waals surface area contributed by atoms with Gasteiger partial charge in [0.1, 0.15) is 17.7 Å². The Morgan fingerprint density at radius 1 is 0.840 bits per heavy atom. The minimum absolute atomic E-state index is 0.00902. The highest BCUT2D eigenvalue weighted by Crippen LogP contribution is 2.36. The summed E-state index contributed by atoms with van der Waals surface area (Å²) < 4.78 is 13.1. The second-order valence-corrected chi connectivity index (χ2v) is 6.99. The van der Waals surface area contributed by atoms with Crippen LogP contribution in [0.25, 0.3) is 9.81 Å². The van der Waals surface area contributed by atoms with Crippen LogP contribution in [0.15, 0.2) is 77.9 Å². The maximum Gasteiger partial charge on any atom is 0.136 e. The zero-order chi connectivity index (χ0) is 17.8. The van der Waals surface area contributed by atoms with Crippen molar-refractivity contribution in [3.05, 3.63) is 94.6 Å². The van der Waals surface area contributed by atoms with Gasteiger partial charge in [0, 0.05) is 5.57 Å². The molecule has 0 N–H and O–H groups in total. The second kappa shape index (κ2) is 7.13. The molecule has 1 unspecified atom stereocenters. The molecule has 3 nitrogen and oxygen atoms in total. The van der Waals surface area contributed by atoms with Crippen LogP contribution in [0.1, 0.15) is 16.7 Å². The van der Waals surface area contributed by atoms with Crippen LogP contribution in [-0.4, -0.2) is 4.21 Å². The van der Waals surface area contributed by atoms with Crippen molar-refractivity contribution in [3.63, 3.8) is 0 Å². The summed E-state index contributed by atoms with van der Waals surface area (Å²) in [7, 11) is -1.40. The molecule has 0 saturated carbocycles. The Morgan fingerprint density at radius 3 is 1.88 bits per heavy atom. The van der Waals surface area contributed by atoms with Gasteiger partial charge in [-0.2, -0.15) is 10.5 Å². The topological polar surface area (TPSA) is 64.7 Å². The SMILES string of the molecule is Cc1ccc(C2=CC(=C(C#N)C#N)C=C(c3ccccc3)S2=O)cc1. The monoisotopic (exact) mass is 342 g/mol. The van der Waals surface area contributed by atoms with Gasteiger partial charge >= 0.3 is 0 Å². The third-order valence-corrected chi connectivity index (χ3v) is 5.39. The highest BCUT2D eigenvalue weighted by atomic mass is 32.2. The Hall–Kier alpha value is -3.21. The number of hydrogen-bond acceptors (Lipinski definition) is 3. The van der Waals surface area contributed by atoms with E-state index in [4.69, 9.17) is 0 Å². The van der Waals surface area contributed by atoms with Crippen molar-refractivity contribution >= 4 is 20.6 Å². The van der Waals surface area contributed by atoms with Gasteiger partial charge in [0.2, 0.25) is 0 Å². The number of benzene rings is 2. The largest absolute Gasteiger partial charge is 0.249 e. The summed E-state index contributed by atoms with van der Waals surface area (Å²) in [4.78, 5) is 1.19. The van der Waals surface area contributed by atoms with E-state index in [1.54, 1.807) is 12.2 Å². The average Bonchev–Trinajstić information content (AvgIpc) is 2.65. The van der Waals surface area contributed by atoms with Crippen molar-refractivity contribution in [1.29, 1.82) is 10.5 Å². The van der Waals surface area contributed by atoms with Crippen LogP contribution in [0, 0.1) is 29.6 Å². The van der Waals surface area contributed by atoms with Gasteiger partial charge in [-0.25, -0.2) is 4.21 Å². The van der Waals surface area contributed by atoms with Crippen LogP contribution in [0.5, 0.6) is 0 Å². The van der Waals surface area contributed by atoms with Gasteiger partial charge in [-0.15, -0.1) is 0 Å². The van der Waals surface area contributed by atoms with Crippen LogP contribution < -0.4 is 0 Å². The molecule has 0 aliphatic carbocycles. The molecule has 4 heteroatoms. The fourth-order valence-electron chi connectivity index (χ4n) is 2.55. The molecule has 0 spiro atoms. The second-order valence-electron chi connectivity index (χ2n) is 5.57. The molecule has 1 heterocycles. The standard InChI is InChI=1S/C21H14N2OS/c1-15-7-9-17(10-8-15)21-12-18(19(13-22)14-23)11-20(25(21)24)16-5-3-2-4-6-16/h2-12H,1H3. The minimum Gasteiger partial charge on any atom is -0.249 e. The average molecular weight is 342 g/mol. The van der Waals surface area contributed by atoms with E-state index in [0.717, 1.165) is 16.7 Å². The molecule has 120 valence electrons. The molecule has 1 aliphatic heterocycles. The lowest BCUT2D eigenvalue weighted by atomic mass is 10.0. The molecule has 0 amide bonds. The molecule has 0 fully saturated rings. The Balaban J connectivity index is 2.21. The normalized spacial score (nSPS) is 16.3. The Bertz CT molecular complexity index is 998. The lowest BCUT2D eigenvalue weighted by Crippen LogP contribution is -2.05. The van der Waals surface area contributed by atoms with Gasteiger partial charge in [0.25, 0.3) is 0 Å². The number of allylic oxidation sites excluding steroid dienone is 4. The van der Waals surface area contributed by atoms with Gasteiger partial charge in [0.05, 0.1) is 20.6 Å². The van der Waals surface area contributed by atoms with Crippen molar-refractivity contribution in [3.8, 4) is 12.1 Å². The minimum atomic E-state index is -1.40. The lowest BCUT2D eigenvalue weighted by molar-refractivity contribution is 0.694. The summed E-state index contributed by atoms with van der Waals surface area (Å²) in [5.41, 5.74) is 3.23. The van der Waals surface area contributed by atoms with Crippen LogP contribution in [0.2, 0.25) is 0 Å². The predicted molar refractivity (Wildman–Crippen MR) is 100.0 cm³/mol. The number of hydrogen-bond donors (Lipinski definition) is 0. The van der Waals surface area contributed by atoms with E-state index in [1.807, 2.05) is 73.7 Å². The first-order chi connectivity index (χ1) is 12.1. The lowest BCUT2D eigenvalue weighted by Gasteiger charge is -2.17. The number of aryl methyl sites for hydroxylation is 1. The van der Waals surface area contributed by atoms with Gasteiger partial charge in [0.15, 0.2) is 0 Å². The van der Waals surface area contributed by atoms with Crippen molar-refractivity contribution < 1.29 is 4.21 Å². The Kier molecular flexibility index (Phi) is 4.75. The summed E-state index contributed by atoms with van der Waals surface area (Å²) in [5, 5.41) is 18.5. The maximum absolute atomic E-state index is 13.1. The zero-order valence-corrected chi connectivity index (χ0v) is 14.4. The fraction of sp³-hybridized carbons (Fsp3) is 0.0476. The van der Waals surface area contributed by atoms with E-state index in [9.17, 15) is 14.7 Å². The first-order valence-corrected chi connectivity index (χ1v) is 8.81. The molecule has 2 aromatic carbocycles. The van der Waals surface area contributed by atoms with E-state index in [0.29, 0.717) is 15.4 Å². The molecule has 25 heavy (non-hydrogen) atoms. The predicted octanol–water partition coefficient (Wildman–Crippen LogP) is 4.48. The quantitative estimate of drug-likeness (QED) is 0.756. The smallest absolute Gasteiger partial charge is 0.136 e. The molecule has 0 saturated heterocycles. The van der Waals surface area contributed by atoms with Crippen molar-refractivity contribution in [2.24, 2.45) is 0 Å². The Labute approximate surface area is 149 Å². The first-order valence-electron chi connectivity index (χ1n) is 7.66. The summed E-state index contributed by atoms with van der Waals surface area (Å²) in [6.07, 6.45) is 3.35. The third kappa shape index (κ3) is 3.35. The van der Waals surface area contributed by atoms with Crippen LogP contribution >= 0.6 is 0 Å². The molecule has 2 aromatic rings. The van der Waals surface area contributed by atoms with Gasteiger partial charge in [-0.1, -0.05) is 60.2 Å². The molecule has 0 aromatic heterocycles. The molecule has 1 atom stereocenters. The molecular weight excluding hydrogens is 328 g/mol. The summed E-state index contributed by atoms with van der Waals surface area (Å²) in [5.74, 6) is 0. The van der Waals surface area contributed by atoms with Crippen molar-refractivity contribution in [2.75, 3.05) is 0 Å². The highest BCUT2D eigenvalue weighted by molar-refractivity contribution is 8.03. The molecule has 0 bridgehead atoms. The third-order valence-electron chi connectivity index (χ3n) is 3.88. The van der Waals surface area contributed by atoms with Crippen LogP contribution in [0.4, 0.5) is 0 Å². The van der Waals surface area contributed by atoms with E-state index in [2.05, 4.69) is 0 Å². The van der Waals surface area contributed by atoms with Gasteiger partial charge in [-0.3, -0.25) is 0 Å². The van der Waals surface area contributed by atoms with Gasteiger partial charge < -0.3 is 0 Å². The number of rotatable bonds is 2. The van der Waals surface area contributed by atoms with Gasteiger partial charge in [-0.05, 0) is 30.2 Å². The van der Waals surface area contributed by atoms with Crippen LogP contribution in [-0.2, 0) is 10.8 Å². The zero-order valence-electron chi connectivity index (χ0n) is 13.6. The van der Waals surface area contributed by atoms with E-state index < -0.39 is 10.8 Å². The van der Waals surface area contributed by atoms with E-state index >= 15 is 0 Å². The first kappa shape index (κ1) is 16.6. The number of nitriles is 2. The van der Waals surface area contributed by atoms with Crippen molar-refractivity contribution in [1.82, 2.24) is 0 Å². The maximum atomic E-state index is 13.1. The van der Waals surface area contributed by atoms with Crippen molar-refractivity contribution in [2.45, 2.75) is 6.92 Å². The fourth-order valence-corrected chi connectivity index (χ4v) is 3.95. The summed E-state index contributed by atoms with van der Waals surface area (Å²) in [6.45, 7) is 1.99. The molecule has 1 aliphatic rings.